The minimum Gasteiger partial charge on any atom is -0.324 e. The van der Waals surface area contributed by atoms with Crippen molar-refractivity contribution in [2.24, 2.45) is 5.73 Å². The third-order valence-electron chi connectivity index (χ3n) is 2.29. The number of benzene rings is 1. The zero-order valence-electron chi connectivity index (χ0n) is 9.10. The van der Waals surface area contributed by atoms with Crippen LogP contribution in [-0.4, -0.2) is 11.3 Å². The van der Waals surface area contributed by atoms with Crippen LogP contribution in [0.15, 0.2) is 18.2 Å². The van der Waals surface area contributed by atoms with E-state index in [1.807, 2.05) is 0 Å². The van der Waals surface area contributed by atoms with Crippen LogP contribution in [0.25, 0.3) is 0 Å². The Balaban J connectivity index is 0.00000256. The number of halogens is 3. The van der Waals surface area contributed by atoms with E-state index in [1.54, 1.807) is 6.92 Å². The Morgan fingerprint density at radius 2 is 2.06 bits per heavy atom. The van der Waals surface area contributed by atoms with Gasteiger partial charge >= 0.3 is 0 Å². The molecule has 0 aliphatic rings. The predicted octanol–water partition coefficient (Wildman–Crippen LogP) is 2.98. The van der Waals surface area contributed by atoms with Crippen LogP contribution in [0.5, 0.6) is 0 Å². The molecule has 4 nitrogen and oxygen atoms in total. The minimum atomic E-state index is -2.52. The molecule has 2 N–H and O–H groups in total. The highest BCUT2D eigenvalue weighted by Crippen LogP contribution is 2.25. The van der Waals surface area contributed by atoms with Crippen LogP contribution in [-0.2, 0) is 0 Å². The van der Waals surface area contributed by atoms with Gasteiger partial charge in [0.25, 0.3) is 5.69 Å². The van der Waals surface area contributed by atoms with E-state index < -0.39 is 23.8 Å². The molecule has 0 saturated heterocycles. The van der Waals surface area contributed by atoms with Gasteiger partial charge in [0.2, 0.25) is 6.43 Å². The highest BCUT2D eigenvalue weighted by molar-refractivity contribution is 5.85. The first-order valence-corrected chi connectivity index (χ1v) is 4.70. The number of nitrogens with two attached hydrogens (primary N) is 1. The second-order valence-electron chi connectivity index (χ2n) is 3.54. The molecule has 1 aromatic rings. The first-order chi connectivity index (χ1) is 7.41. The van der Waals surface area contributed by atoms with Crippen molar-refractivity contribution in [1.82, 2.24) is 0 Å². The number of nitrogens with zero attached hydrogens (tertiary/aromatic N) is 1. The summed E-state index contributed by atoms with van der Waals surface area (Å²) in [6.45, 7) is 1.58. The molecule has 7 heteroatoms. The van der Waals surface area contributed by atoms with Crippen molar-refractivity contribution >= 4 is 18.1 Å². The van der Waals surface area contributed by atoms with Crippen LogP contribution < -0.4 is 5.73 Å². The molecule has 0 spiro atoms. The van der Waals surface area contributed by atoms with E-state index in [0.29, 0.717) is 11.1 Å². The summed E-state index contributed by atoms with van der Waals surface area (Å²) < 4.78 is 24.2. The Kier molecular flexibility index (Phi) is 5.98. The van der Waals surface area contributed by atoms with E-state index in [-0.39, 0.29) is 18.1 Å². The Morgan fingerprint density at radius 3 is 2.53 bits per heavy atom. The lowest BCUT2D eigenvalue weighted by molar-refractivity contribution is -0.385. The van der Waals surface area contributed by atoms with E-state index in [1.165, 1.54) is 18.2 Å². The number of aryl methyl sites for hydroxylation is 1. The predicted molar refractivity (Wildman–Crippen MR) is 62.6 cm³/mol. The van der Waals surface area contributed by atoms with Crippen molar-refractivity contribution < 1.29 is 13.7 Å². The van der Waals surface area contributed by atoms with Crippen LogP contribution in [0.2, 0.25) is 0 Å². The third kappa shape index (κ3) is 4.24. The fraction of sp³-hybridized carbons (Fsp3) is 0.400. The summed E-state index contributed by atoms with van der Waals surface area (Å²) in [5, 5.41) is 10.6. The summed E-state index contributed by atoms with van der Waals surface area (Å²) >= 11 is 0. The Labute approximate surface area is 103 Å². The van der Waals surface area contributed by atoms with Crippen LogP contribution in [0.1, 0.15) is 23.6 Å². The topological polar surface area (TPSA) is 69.2 Å². The lowest BCUT2D eigenvalue weighted by Gasteiger charge is -2.11. The molecule has 0 aromatic heterocycles. The largest absolute Gasteiger partial charge is 0.324 e. The molecule has 0 amide bonds. The van der Waals surface area contributed by atoms with Gasteiger partial charge in [0.05, 0.1) is 4.92 Å². The molecule has 17 heavy (non-hydrogen) atoms. The number of alkyl halides is 2. The smallest absolute Gasteiger partial charge is 0.272 e. The minimum absolute atomic E-state index is 0. The maximum atomic E-state index is 12.1. The number of hydrogen-bond acceptors (Lipinski definition) is 3. The van der Waals surface area contributed by atoms with Gasteiger partial charge in [0, 0.05) is 24.1 Å². The van der Waals surface area contributed by atoms with Crippen molar-refractivity contribution in [3.05, 3.63) is 39.4 Å². The van der Waals surface area contributed by atoms with Crippen LogP contribution in [0, 0.1) is 17.0 Å². The molecule has 0 radical (unpaired) electrons. The normalized spacial score (nSPS) is 12.1. The average molecular weight is 267 g/mol. The summed E-state index contributed by atoms with van der Waals surface area (Å²) in [6, 6.07) is 3.43. The molecular formula is C10H13ClF2N2O2. The van der Waals surface area contributed by atoms with Crippen molar-refractivity contribution in [1.29, 1.82) is 0 Å². The second-order valence-corrected chi connectivity index (χ2v) is 3.54. The quantitative estimate of drug-likeness (QED) is 0.673. The fourth-order valence-corrected chi connectivity index (χ4v) is 1.38. The van der Waals surface area contributed by atoms with Gasteiger partial charge in [-0.3, -0.25) is 10.1 Å². The molecule has 1 aromatic carbocycles. The van der Waals surface area contributed by atoms with E-state index in [2.05, 4.69) is 0 Å². The molecular weight excluding hydrogens is 254 g/mol. The second kappa shape index (κ2) is 6.46. The number of hydrogen-bond donors (Lipinski definition) is 1. The van der Waals surface area contributed by atoms with Crippen LogP contribution in [0.4, 0.5) is 14.5 Å². The van der Waals surface area contributed by atoms with Crippen molar-refractivity contribution in [3.8, 4) is 0 Å². The van der Waals surface area contributed by atoms with E-state index in [0.717, 1.165) is 0 Å². The maximum Gasteiger partial charge on any atom is 0.272 e. The molecule has 0 bridgehead atoms. The van der Waals surface area contributed by atoms with Gasteiger partial charge in [-0.15, -0.1) is 12.4 Å². The number of nitro groups is 1. The molecule has 0 saturated carbocycles. The highest BCUT2D eigenvalue weighted by Gasteiger charge is 2.17. The lowest BCUT2D eigenvalue weighted by Crippen LogP contribution is -2.14. The van der Waals surface area contributed by atoms with E-state index in [4.69, 9.17) is 5.73 Å². The maximum absolute atomic E-state index is 12.1. The summed E-state index contributed by atoms with van der Waals surface area (Å²) in [5.74, 6) is 0. The summed E-state index contributed by atoms with van der Waals surface area (Å²) in [4.78, 5) is 10.1. The van der Waals surface area contributed by atoms with E-state index >= 15 is 0 Å². The molecule has 1 atom stereocenters. The first kappa shape index (κ1) is 15.7. The monoisotopic (exact) mass is 266 g/mol. The molecule has 96 valence electrons. The van der Waals surface area contributed by atoms with E-state index in [9.17, 15) is 18.9 Å². The zero-order chi connectivity index (χ0) is 12.3. The lowest BCUT2D eigenvalue weighted by atomic mass is 10.0. The van der Waals surface area contributed by atoms with Gasteiger partial charge in [-0.25, -0.2) is 8.78 Å². The van der Waals surface area contributed by atoms with Crippen molar-refractivity contribution in [2.45, 2.75) is 25.8 Å². The Bertz CT molecular complexity index is 402. The zero-order valence-corrected chi connectivity index (χ0v) is 9.92. The Hall–Kier alpha value is -1.27. The molecule has 0 unspecified atom stereocenters. The SMILES string of the molecule is Cc1ccc([C@H](N)CC(F)F)cc1[N+](=O)[O-].Cl. The highest BCUT2D eigenvalue weighted by atomic mass is 35.5. The van der Waals surface area contributed by atoms with Gasteiger partial charge < -0.3 is 5.73 Å². The average Bonchev–Trinajstić information content (AvgIpc) is 2.16. The van der Waals surface area contributed by atoms with Crippen LogP contribution in [0.3, 0.4) is 0 Å². The number of nitro benzene ring substituents is 1. The van der Waals surface area contributed by atoms with Crippen molar-refractivity contribution in [2.75, 3.05) is 0 Å². The molecule has 1 rings (SSSR count). The first-order valence-electron chi connectivity index (χ1n) is 4.70. The molecule has 0 fully saturated rings. The van der Waals surface area contributed by atoms with Gasteiger partial charge in [0.15, 0.2) is 0 Å². The van der Waals surface area contributed by atoms with Crippen LogP contribution >= 0.6 is 12.4 Å². The Morgan fingerprint density at radius 1 is 1.47 bits per heavy atom. The van der Waals surface area contributed by atoms with Gasteiger partial charge in [-0.1, -0.05) is 12.1 Å². The van der Waals surface area contributed by atoms with Gasteiger partial charge in [-0.2, -0.15) is 0 Å². The molecule has 0 aliphatic heterocycles. The van der Waals surface area contributed by atoms with Crippen molar-refractivity contribution in [3.63, 3.8) is 0 Å². The summed E-state index contributed by atoms with van der Waals surface area (Å²) in [6.07, 6.45) is -3.02. The number of rotatable bonds is 4. The molecule has 0 aliphatic carbocycles. The summed E-state index contributed by atoms with van der Waals surface area (Å²) in [5.41, 5.74) is 6.26. The fourth-order valence-electron chi connectivity index (χ4n) is 1.38. The molecule has 0 heterocycles. The standard InChI is InChI=1S/C10H12F2N2O2.ClH/c1-6-2-3-7(4-9(6)14(15)16)8(13)5-10(11)12;/h2-4,8,10H,5,13H2,1H3;1H/t8-;/m1./s1. The van der Waals surface area contributed by atoms with Gasteiger partial charge in [0.1, 0.15) is 0 Å². The summed E-state index contributed by atoms with van der Waals surface area (Å²) in [7, 11) is 0. The van der Waals surface area contributed by atoms with Gasteiger partial charge in [-0.05, 0) is 12.5 Å². The third-order valence-corrected chi connectivity index (χ3v) is 2.29.